The molecule has 0 radical (unpaired) electrons. The summed E-state index contributed by atoms with van der Waals surface area (Å²) in [5, 5.41) is 0. The Morgan fingerprint density at radius 3 is 2.38 bits per heavy atom. The molecule has 0 aromatic heterocycles. The lowest BCUT2D eigenvalue weighted by atomic mass is 10.0. The fourth-order valence-electron chi connectivity index (χ4n) is 2.48. The SMILES string of the molecule is COC(=O)[C@@H]1CC[C@H](C(=O)NNC(=O)c2ccccc2)C1. The van der Waals surface area contributed by atoms with Crippen LogP contribution in [0.5, 0.6) is 0 Å². The van der Waals surface area contributed by atoms with Crippen LogP contribution in [-0.4, -0.2) is 24.9 Å². The molecule has 1 aliphatic rings. The number of carbonyl (C=O) groups is 3. The molecule has 1 saturated carbocycles. The second kappa shape index (κ2) is 6.88. The van der Waals surface area contributed by atoms with Gasteiger partial charge in [-0.2, -0.15) is 0 Å². The van der Waals surface area contributed by atoms with Gasteiger partial charge in [-0.15, -0.1) is 0 Å². The molecule has 0 unspecified atom stereocenters. The number of hydrogen-bond donors (Lipinski definition) is 2. The highest BCUT2D eigenvalue weighted by Crippen LogP contribution is 2.31. The molecule has 1 fully saturated rings. The zero-order chi connectivity index (χ0) is 15.2. The summed E-state index contributed by atoms with van der Waals surface area (Å²) in [5.74, 6) is -1.42. The van der Waals surface area contributed by atoms with Crippen LogP contribution in [-0.2, 0) is 14.3 Å². The van der Waals surface area contributed by atoms with E-state index in [1.807, 2.05) is 0 Å². The molecular weight excluding hydrogens is 272 g/mol. The van der Waals surface area contributed by atoms with Crippen LogP contribution in [0.2, 0.25) is 0 Å². The molecule has 0 aliphatic heterocycles. The summed E-state index contributed by atoms with van der Waals surface area (Å²) in [5.41, 5.74) is 5.26. The smallest absolute Gasteiger partial charge is 0.308 e. The number of amides is 2. The van der Waals surface area contributed by atoms with E-state index in [-0.39, 0.29) is 29.6 Å². The lowest BCUT2D eigenvalue weighted by Gasteiger charge is -2.12. The Balaban J connectivity index is 1.81. The Hall–Kier alpha value is -2.37. The van der Waals surface area contributed by atoms with Gasteiger partial charge in [-0.25, -0.2) is 0 Å². The molecule has 1 aliphatic carbocycles. The third-order valence-electron chi connectivity index (χ3n) is 3.67. The summed E-state index contributed by atoms with van der Waals surface area (Å²) < 4.78 is 4.68. The van der Waals surface area contributed by atoms with Crippen molar-refractivity contribution in [1.82, 2.24) is 10.9 Å². The zero-order valence-electron chi connectivity index (χ0n) is 11.8. The van der Waals surface area contributed by atoms with Crippen molar-refractivity contribution in [3.63, 3.8) is 0 Å². The highest BCUT2D eigenvalue weighted by atomic mass is 16.5. The number of carbonyl (C=O) groups excluding carboxylic acids is 3. The van der Waals surface area contributed by atoms with Gasteiger partial charge in [0.1, 0.15) is 0 Å². The summed E-state index contributed by atoms with van der Waals surface area (Å²) in [6, 6.07) is 8.61. The number of benzene rings is 1. The first-order chi connectivity index (χ1) is 10.1. The van der Waals surface area contributed by atoms with Crippen molar-refractivity contribution in [2.24, 2.45) is 11.8 Å². The second-order valence-electron chi connectivity index (χ2n) is 5.04. The number of ether oxygens (including phenoxy) is 1. The molecule has 112 valence electrons. The van der Waals surface area contributed by atoms with Gasteiger partial charge in [0.05, 0.1) is 13.0 Å². The Labute approximate surface area is 122 Å². The Morgan fingerprint density at radius 1 is 1.05 bits per heavy atom. The van der Waals surface area contributed by atoms with E-state index >= 15 is 0 Å². The van der Waals surface area contributed by atoms with Crippen LogP contribution in [0.3, 0.4) is 0 Å². The molecule has 0 bridgehead atoms. The summed E-state index contributed by atoms with van der Waals surface area (Å²) in [6.45, 7) is 0. The zero-order valence-corrected chi connectivity index (χ0v) is 11.8. The van der Waals surface area contributed by atoms with Crippen LogP contribution >= 0.6 is 0 Å². The van der Waals surface area contributed by atoms with Crippen molar-refractivity contribution < 1.29 is 19.1 Å². The molecule has 1 aromatic rings. The highest BCUT2D eigenvalue weighted by Gasteiger charge is 2.34. The topological polar surface area (TPSA) is 84.5 Å². The van der Waals surface area contributed by atoms with E-state index in [0.717, 1.165) is 0 Å². The van der Waals surface area contributed by atoms with Gasteiger partial charge in [0.15, 0.2) is 0 Å². The van der Waals surface area contributed by atoms with Gasteiger partial charge in [-0.3, -0.25) is 25.2 Å². The lowest BCUT2D eigenvalue weighted by molar-refractivity contribution is -0.145. The summed E-state index contributed by atoms with van der Waals surface area (Å²) >= 11 is 0. The number of hydrazine groups is 1. The number of rotatable bonds is 3. The fourth-order valence-corrected chi connectivity index (χ4v) is 2.48. The van der Waals surface area contributed by atoms with E-state index in [9.17, 15) is 14.4 Å². The van der Waals surface area contributed by atoms with Crippen molar-refractivity contribution in [2.45, 2.75) is 19.3 Å². The molecule has 2 atom stereocenters. The van der Waals surface area contributed by atoms with E-state index < -0.39 is 0 Å². The molecule has 2 amide bonds. The average molecular weight is 290 g/mol. The number of esters is 1. The standard InChI is InChI=1S/C15H18N2O4/c1-21-15(20)12-8-7-11(9-12)14(19)17-16-13(18)10-5-3-2-4-6-10/h2-6,11-12H,7-9H2,1H3,(H,16,18)(H,17,19)/t11-,12+/m0/s1. The van der Waals surface area contributed by atoms with Crippen LogP contribution < -0.4 is 10.9 Å². The first-order valence-corrected chi connectivity index (χ1v) is 6.85. The maximum absolute atomic E-state index is 12.0. The first-order valence-electron chi connectivity index (χ1n) is 6.85. The average Bonchev–Trinajstić information content (AvgIpc) is 3.02. The van der Waals surface area contributed by atoms with E-state index in [1.165, 1.54) is 7.11 Å². The Kier molecular flexibility index (Phi) is 4.92. The summed E-state index contributed by atoms with van der Waals surface area (Å²) in [6.07, 6.45) is 1.71. The third-order valence-corrected chi connectivity index (χ3v) is 3.67. The number of nitrogens with one attached hydrogen (secondary N) is 2. The van der Waals surface area contributed by atoms with Crippen molar-refractivity contribution in [3.8, 4) is 0 Å². The van der Waals surface area contributed by atoms with Gasteiger partial charge in [0.25, 0.3) is 5.91 Å². The maximum Gasteiger partial charge on any atom is 0.308 e. The van der Waals surface area contributed by atoms with Crippen LogP contribution in [0.1, 0.15) is 29.6 Å². The predicted octanol–water partition coefficient (Wildman–Crippen LogP) is 1.04. The molecule has 21 heavy (non-hydrogen) atoms. The second-order valence-corrected chi connectivity index (χ2v) is 5.04. The van der Waals surface area contributed by atoms with Gasteiger partial charge in [0, 0.05) is 11.5 Å². The lowest BCUT2D eigenvalue weighted by Crippen LogP contribution is -2.44. The number of hydrogen-bond acceptors (Lipinski definition) is 4. The van der Waals surface area contributed by atoms with E-state index in [1.54, 1.807) is 30.3 Å². The van der Waals surface area contributed by atoms with E-state index in [0.29, 0.717) is 24.8 Å². The molecule has 6 heteroatoms. The Morgan fingerprint density at radius 2 is 1.71 bits per heavy atom. The minimum Gasteiger partial charge on any atom is -0.469 e. The molecular formula is C15H18N2O4. The molecule has 2 N–H and O–H groups in total. The molecule has 2 rings (SSSR count). The van der Waals surface area contributed by atoms with E-state index in [4.69, 9.17) is 0 Å². The van der Waals surface area contributed by atoms with Crippen molar-refractivity contribution in [2.75, 3.05) is 7.11 Å². The van der Waals surface area contributed by atoms with Crippen molar-refractivity contribution >= 4 is 17.8 Å². The quantitative estimate of drug-likeness (QED) is 0.643. The van der Waals surface area contributed by atoms with Crippen LogP contribution in [0.15, 0.2) is 30.3 Å². The monoisotopic (exact) mass is 290 g/mol. The van der Waals surface area contributed by atoms with Crippen molar-refractivity contribution in [1.29, 1.82) is 0 Å². The van der Waals surface area contributed by atoms with Crippen molar-refractivity contribution in [3.05, 3.63) is 35.9 Å². The minimum absolute atomic E-state index is 0.226. The van der Waals surface area contributed by atoms with Crippen LogP contribution in [0, 0.1) is 11.8 Å². The predicted molar refractivity (Wildman–Crippen MR) is 74.9 cm³/mol. The minimum atomic E-state index is -0.369. The van der Waals surface area contributed by atoms with Gasteiger partial charge in [-0.1, -0.05) is 18.2 Å². The Bertz CT molecular complexity index is 530. The fraction of sp³-hybridized carbons (Fsp3) is 0.400. The molecule has 6 nitrogen and oxygen atoms in total. The van der Waals surface area contributed by atoms with Gasteiger partial charge in [-0.05, 0) is 31.4 Å². The van der Waals surface area contributed by atoms with E-state index in [2.05, 4.69) is 15.6 Å². The highest BCUT2D eigenvalue weighted by molar-refractivity contribution is 5.95. The van der Waals surface area contributed by atoms with Gasteiger partial charge >= 0.3 is 5.97 Å². The molecule has 0 heterocycles. The molecule has 1 aromatic carbocycles. The summed E-state index contributed by atoms with van der Waals surface area (Å²) in [4.78, 5) is 35.2. The first kappa shape index (κ1) is 15.0. The normalized spacial score (nSPS) is 20.6. The molecule has 0 saturated heterocycles. The van der Waals surface area contributed by atoms with Crippen LogP contribution in [0.4, 0.5) is 0 Å². The number of methoxy groups -OCH3 is 1. The third kappa shape index (κ3) is 3.81. The van der Waals surface area contributed by atoms with Gasteiger partial charge < -0.3 is 4.74 Å². The largest absolute Gasteiger partial charge is 0.469 e. The summed E-state index contributed by atoms with van der Waals surface area (Å²) in [7, 11) is 1.34. The molecule has 0 spiro atoms. The van der Waals surface area contributed by atoms with Gasteiger partial charge in [0.2, 0.25) is 5.91 Å². The van der Waals surface area contributed by atoms with Crippen LogP contribution in [0.25, 0.3) is 0 Å². The maximum atomic E-state index is 12.0.